The van der Waals surface area contributed by atoms with Crippen molar-refractivity contribution in [1.29, 1.82) is 0 Å². The summed E-state index contributed by atoms with van der Waals surface area (Å²) in [5.41, 5.74) is -0.191. The minimum Gasteiger partial charge on any atom is -0.477 e. The topological polar surface area (TPSA) is 59.3 Å². The maximum atomic E-state index is 13.4. The van der Waals surface area contributed by atoms with Gasteiger partial charge in [-0.15, -0.1) is 11.8 Å². The normalized spacial score (nSPS) is 15.8. The number of rotatable bonds is 2. The second-order valence-electron chi connectivity index (χ2n) is 7.01. The third-order valence-electron chi connectivity index (χ3n) is 5.06. The summed E-state index contributed by atoms with van der Waals surface area (Å²) < 4.78 is 41.6. The third-order valence-corrected chi connectivity index (χ3v) is 6.38. The molecule has 8 heteroatoms. The maximum absolute atomic E-state index is 13.4. The van der Waals surface area contributed by atoms with E-state index in [1.807, 2.05) is 30.3 Å². The zero-order valence-corrected chi connectivity index (χ0v) is 16.6. The molecule has 0 bridgehead atoms. The van der Waals surface area contributed by atoms with Crippen LogP contribution in [0.15, 0.2) is 64.3 Å². The van der Waals surface area contributed by atoms with Crippen molar-refractivity contribution >= 4 is 17.7 Å². The molecule has 2 heterocycles. The Morgan fingerprint density at radius 3 is 2.47 bits per heavy atom. The molecule has 3 aromatic rings. The molecule has 1 unspecified atom stereocenters. The lowest BCUT2D eigenvalue weighted by atomic mass is 10.0. The van der Waals surface area contributed by atoms with Gasteiger partial charge in [0.05, 0.1) is 11.3 Å². The number of carboxylic acid groups (broad SMARTS) is 1. The molecule has 1 aromatic heterocycles. The number of aromatic nitrogens is 1. The van der Waals surface area contributed by atoms with Gasteiger partial charge < -0.3 is 9.67 Å². The number of hydrogen-bond acceptors (Lipinski definition) is 3. The first-order valence-electron chi connectivity index (χ1n) is 9.09. The van der Waals surface area contributed by atoms with Crippen molar-refractivity contribution in [3.8, 4) is 5.69 Å². The van der Waals surface area contributed by atoms with E-state index in [4.69, 9.17) is 0 Å². The average Bonchev–Trinajstić information content (AvgIpc) is 2.84. The van der Waals surface area contributed by atoms with Crippen LogP contribution in [0.4, 0.5) is 13.2 Å². The summed E-state index contributed by atoms with van der Waals surface area (Å²) in [6.45, 7) is 1.59. The molecule has 0 spiro atoms. The SMILES string of the molecule is Cc1cc(=O)c(C(=O)O)c2n1-c1cc(C(F)(F)F)ccc1SC(c1ccccc1)C2. The van der Waals surface area contributed by atoms with Crippen LogP contribution >= 0.6 is 11.8 Å². The largest absolute Gasteiger partial charge is 0.477 e. The zero-order chi connectivity index (χ0) is 21.6. The van der Waals surface area contributed by atoms with Gasteiger partial charge in [0.1, 0.15) is 5.56 Å². The van der Waals surface area contributed by atoms with Crippen molar-refractivity contribution in [2.75, 3.05) is 0 Å². The fourth-order valence-corrected chi connectivity index (χ4v) is 5.00. The van der Waals surface area contributed by atoms with Crippen molar-refractivity contribution in [2.45, 2.75) is 29.7 Å². The molecule has 154 valence electrons. The highest BCUT2D eigenvalue weighted by molar-refractivity contribution is 7.99. The van der Waals surface area contributed by atoms with Crippen molar-refractivity contribution in [1.82, 2.24) is 4.57 Å². The van der Waals surface area contributed by atoms with Crippen LogP contribution in [-0.2, 0) is 12.6 Å². The Balaban J connectivity index is 2.05. The lowest BCUT2D eigenvalue weighted by Gasteiger charge is -2.19. The van der Waals surface area contributed by atoms with Gasteiger partial charge in [-0.3, -0.25) is 4.79 Å². The van der Waals surface area contributed by atoms with Crippen molar-refractivity contribution < 1.29 is 23.1 Å². The number of hydrogen-bond donors (Lipinski definition) is 1. The smallest absolute Gasteiger partial charge is 0.416 e. The molecule has 1 atom stereocenters. The van der Waals surface area contributed by atoms with Crippen LogP contribution in [0.25, 0.3) is 5.69 Å². The lowest BCUT2D eigenvalue weighted by Crippen LogP contribution is -2.24. The minimum absolute atomic E-state index is 0.184. The van der Waals surface area contributed by atoms with Crippen LogP contribution in [0.2, 0.25) is 0 Å². The summed E-state index contributed by atoms with van der Waals surface area (Å²) in [5.74, 6) is -1.39. The first kappa shape index (κ1) is 20.3. The Morgan fingerprint density at radius 1 is 1.13 bits per heavy atom. The number of aryl methyl sites for hydroxylation is 1. The van der Waals surface area contributed by atoms with E-state index in [0.29, 0.717) is 10.6 Å². The van der Waals surface area contributed by atoms with Gasteiger partial charge in [-0.1, -0.05) is 30.3 Å². The predicted octanol–water partition coefficient (Wildman–Crippen LogP) is 5.25. The molecular weight excluding hydrogens is 415 g/mol. The predicted molar refractivity (Wildman–Crippen MR) is 107 cm³/mol. The van der Waals surface area contributed by atoms with Gasteiger partial charge in [-0.25, -0.2) is 4.79 Å². The number of benzene rings is 2. The Labute approximate surface area is 174 Å². The van der Waals surface area contributed by atoms with Gasteiger partial charge in [-0.2, -0.15) is 13.2 Å². The quantitative estimate of drug-likeness (QED) is 0.602. The maximum Gasteiger partial charge on any atom is 0.416 e. The second kappa shape index (κ2) is 7.36. The zero-order valence-electron chi connectivity index (χ0n) is 15.7. The van der Waals surface area contributed by atoms with Crippen LogP contribution in [-0.4, -0.2) is 15.6 Å². The highest BCUT2D eigenvalue weighted by Crippen LogP contribution is 2.45. The molecule has 0 saturated heterocycles. The van der Waals surface area contributed by atoms with Gasteiger partial charge in [-0.05, 0) is 30.7 Å². The van der Waals surface area contributed by atoms with Crippen molar-refractivity contribution in [2.24, 2.45) is 0 Å². The van der Waals surface area contributed by atoms with Crippen LogP contribution in [0.3, 0.4) is 0 Å². The van der Waals surface area contributed by atoms with E-state index in [-0.39, 0.29) is 23.1 Å². The molecule has 0 fully saturated rings. The molecule has 4 rings (SSSR count). The van der Waals surface area contributed by atoms with E-state index in [9.17, 15) is 27.9 Å². The molecule has 4 nitrogen and oxygen atoms in total. The number of alkyl halides is 3. The second-order valence-corrected chi connectivity index (χ2v) is 8.26. The van der Waals surface area contributed by atoms with Gasteiger partial charge in [0.15, 0.2) is 5.43 Å². The summed E-state index contributed by atoms with van der Waals surface area (Å²) in [6.07, 6.45) is -4.36. The molecule has 0 aliphatic carbocycles. The Kier molecular flexibility index (Phi) is 4.97. The van der Waals surface area contributed by atoms with Crippen molar-refractivity contribution in [3.63, 3.8) is 0 Å². The fraction of sp³-hybridized carbons (Fsp3) is 0.182. The summed E-state index contributed by atoms with van der Waals surface area (Å²) in [7, 11) is 0. The molecule has 2 aromatic carbocycles. The number of halogens is 3. The summed E-state index contributed by atoms with van der Waals surface area (Å²) >= 11 is 1.36. The summed E-state index contributed by atoms with van der Waals surface area (Å²) in [5, 5.41) is 9.42. The number of carboxylic acids is 1. The fourth-order valence-electron chi connectivity index (χ4n) is 3.74. The van der Waals surface area contributed by atoms with Gasteiger partial charge in [0.2, 0.25) is 0 Å². The van der Waals surface area contributed by atoms with E-state index in [1.54, 1.807) is 6.92 Å². The Bertz CT molecular complexity index is 1200. The van der Waals surface area contributed by atoms with Crippen LogP contribution in [0.5, 0.6) is 0 Å². The standard InChI is InChI=1S/C22H16F3NO3S/c1-12-9-17(27)20(21(28)29)16-11-19(13-5-3-2-4-6-13)30-18-8-7-14(22(23,24)25)10-15(18)26(12)16/h2-10,19H,11H2,1H3,(H,28,29). The molecule has 1 aliphatic rings. The molecule has 0 amide bonds. The van der Waals surface area contributed by atoms with E-state index >= 15 is 0 Å². The van der Waals surface area contributed by atoms with Crippen molar-refractivity contribution in [3.05, 3.63) is 92.9 Å². The monoisotopic (exact) mass is 431 g/mol. The Hall–Kier alpha value is -3.00. The summed E-state index contributed by atoms with van der Waals surface area (Å²) in [6, 6.07) is 13.9. The summed E-state index contributed by atoms with van der Waals surface area (Å²) in [4.78, 5) is 24.9. The highest BCUT2D eigenvalue weighted by Gasteiger charge is 2.34. The molecular formula is C22H16F3NO3S. The van der Waals surface area contributed by atoms with Gasteiger partial charge in [0, 0.05) is 34.0 Å². The first-order valence-corrected chi connectivity index (χ1v) is 9.97. The van der Waals surface area contributed by atoms with Gasteiger partial charge >= 0.3 is 12.1 Å². The van der Waals surface area contributed by atoms with Gasteiger partial charge in [0.25, 0.3) is 0 Å². The molecule has 1 aliphatic heterocycles. The number of thioether (sulfide) groups is 1. The van der Waals surface area contributed by atoms with Crippen LogP contribution in [0.1, 0.15) is 38.1 Å². The lowest BCUT2D eigenvalue weighted by molar-refractivity contribution is -0.137. The number of fused-ring (bicyclic) bond motifs is 3. The first-order chi connectivity index (χ1) is 14.2. The highest BCUT2D eigenvalue weighted by atomic mass is 32.2. The van der Waals surface area contributed by atoms with Crippen LogP contribution < -0.4 is 5.43 Å². The van der Waals surface area contributed by atoms with E-state index < -0.39 is 28.7 Å². The number of carbonyl (C=O) groups is 1. The van der Waals surface area contributed by atoms with E-state index in [2.05, 4.69) is 0 Å². The third kappa shape index (κ3) is 3.52. The van der Waals surface area contributed by atoms with E-state index in [0.717, 1.165) is 23.8 Å². The van der Waals surface area contributed by atoms with Crippen LogP contribution in [0, 0.1) is 6.92 Å². The molecule has 0 saturated carbocycles. The average molecular weight is 431 g/mol. The molecule has 0 radical (unpaired) electrons. The molecule has 1 N–H and O–H groups in total. The molecule has 30 heavy (non-hydrogen) atoms. The Morgan fingerprint density at radius 2 is 1.83 bits per heavy atom. The van der Waals surface area contributed by atoms with E-state index in [1.165, 1.54) is 22.4 Å². The number of aromatic carboxylic acids is 1. The number of nitrogens with zero attached hydrogens (tertiary/aromatic N) is 1. The number of pyridine rings is 1. The minimum atomic E-state index is -4.55.